The first-order chi connectivity index (χ1) is 14.0. The van der Waals surface area contributed by atoms with Crippen LogP contribution in [0.5, 0.6) is 0 Å². The zero-order chi connectivity index (χ0) is 20.4. The van der Waals surface area contributed by atoms with Crippen molar-refractivity contribution in [2.75, 3.05) is 5.32 Å². The summed E-state index contributed by atoms with van der Waals surface area (Å²) in [4.78, 5) is 36.8. The number of anilines is 1. The number of fused-ring (bicyclic) bond motifs is 1. The Balaban J connectivity index is 1.54. The molecule has 0 unspecified atom stereocenters. The fraction of sp³-hybridized carbons (Fsp3) is 0.200. The highest BCUT2D eigenvalue weighted by Crippen LogP contribution is 2.39. The van der Waals surface area contributed by atoms with Gasteiger partial charge in [0.1, 0.15) is 10.8 Å². The van der Waals surface area contributed by atoms with E-state index < -0.39 is 10.8 Å². The van der Waals surface area contributed by atoms with Gasteiger partial charge in [-0.05, 0) is 49.1 Å². The second kappa shape index (κ2) is 7.88. The largest absolute Gasteiger partial charge is 0.467 e. The summed E-state index contributed by atoms with van der Waals surface area (Å²) in [5.74, 6) is -0.0404. The highest BCUT2D eigenvalue weighted by atomic mass is 32.1. The molecule has 0 saturated heterocycles. The molecular weight excluding hydrogens is 394 g/mol. The van der Waals surface area contributed by atoms with Crippen molar-refractivity contribution in [2.45, 2.75) is 25.8 Å². The molecule has 0 fully saturated rings. The van der Waals surface area contributed by atoms with Crippen LogP contribution in [0, 0.1) is 10.1 Å². The molecule has 0 atom stereocenters. The number of nitro groups is 1. The summed E-state index contributed by atoms with van der Waals surface area (Å²) in [7, 11) is 0. The number of nitrogens with zero attached hydrogens (tertiary/aromatic N) is 1. The third-order valence-corrected chi connectivity index (χ3v) is 5.93. The first-order valence-electron chi connectivity index (χ1n) is 9.04. The van der Waals surface area contributed by atoms with Gasteiger partial charge in [0.15, 0.2) is 0 Å². The average molecular weight is 411 g/mol. The summed E-state index contributed by atoms with van der Waals surface area (Å²) >= 11 is 1.41. The van der Waals surface area contributed by atoms with Gasteiger partial charge in [-0.25, -0.2) is 0 Å². The van der Waals surface area contributed by atoms with Crippen molar-refractivity contribution in [3.8, 4) is 0 Å². The van der Waals surface area contributed by atoms with Crippen LogP contribution in [0.15, 0.2) is 47.1 Å². The number of amides is 2. The fourth-order valence-corrected chi connectivity index (χ4v) is 4.59. The van der Waals surface area contributed by atoms with Crippen LogP contribution in [0.3, 0.4) is 0 Å². The van der Waals surface area contributed by atoms with Gasteiger partial charge in [-0.15, -0.1) is 11.3 Å². The minimum Gasteiger partial charge on any atom is -0.467 e. The van der Waals surface area contributed by atoms with E-state index in [1.54, 1.807) is 18.4 Å². The minimum absolute atomic E-state index is 0.0883. The molecule has 2 heterocycles. The zero-order valence-electron chi connectivity index (χ0n) is 15.3. The number of rotatable bonds is 6. The van der Waals surface area contributed by atoms with E-state index >= 15 is 0 Å². The van der Waals surface area contributed by atoms with E-state index in [0.717, 1.165) is 29.7 Å². The molecule has 2 aromatic heterocycles. The number of thiophene rings is 1. The summed E-state index contributed by atoms with van der Waals surface area (Å²) in [6.07, 6.45) is 4.20. The monoisotopic (exact) mass is 411 g/mol. The molecule has 8 nitrogen and oxygen atoms in total. The molecule has 9 heteroatoms. The molecule has 0 radical (unpaired) electrons. The molecule has 1 aliphatic carbocycles. The first-order valence-corrected chi connectivity index (χ1v) is 9.85. The molecule has 4 rings (SSSR count). The van der Waals surface area contributed by atoms with Gasteiger partial charge in [0.25, 0.3) is 17.5 Å². The summed E-state index contributed by atoms with van der Waals surface area (Å²) < 4.78 is 5.24. The number of carbonyl (C=O) groups is 2. The van der Waals surface area contributed by atoms with E-state index in [4.69, 9.17) is 4.42 Å². The number of benzene rings is 1. The molecule has 2 N–H and O–H groups in total. The van der Waals surface area contributed by atoms with E-state index in [1.807, 2.05) is 0 Å². The molecule has 3 aromatic rings. The standard InChI is InChI=1S/C20H17N3O5S/c24-18(12-6-8-13(9-7-12)23(26)27)22-20-17(15-4-1-5-16(15)29-20)19(25)21-11-14-3-2-10-28-14/h2-3,6-10H,1,4-5,11H2,(H,21,25)(H,22,24). The van der Waals surface area contributed by atoms with Crippen molar-refractivity contribution in [3.63, 3.8) is 0 Å². The molecule has 0 saturated carbocycles. The van der Waals surface area contributed by atoms with Gasteiger partial charge in [-0.3, -0.25) is 19.7 Å². The van der Waals surface area contributed by atoms with E-state index in [-0.39, 0.29) is 23.7 Å². The molecular formula is C20H17N3O5S. The Morgan fingerprint density at radius 2 is 1.93 bits per heavy atom. The van der Waals surface area contributed by atoms with Crippen molar-refractivity contribution in [2.24, 2.45) is 0 Å². The summed E-state index contributed by atoms with van der Waals surface area (Å²) in [5.41, 5.74) is 1.66. The first kappa shape index (κ1) is 18.9. The van der Waals surface area contributed by atoms with Gasteiger partial charge in [0, 0.05) is 22.6 Å². The Morgan fingerprint density at radius 1 is 1.14 bits per heavy atom. The topological polar surface area (TPSA) is 114 Å². The Morgan fingerprint density at radius 3 is 2.62 bits per heavy atom. The van der Waals surface area contributed by atoms with E-state index in [9.17, 15) is 19.7 Å². The molecule has 0 bridgehead atoms. The molecule has 2 amide bonds. The normalized spacial score (nSPS) is 12.4. The van der Waals surface area contributed by atoms with Gasteiger partial charge in [-0.1, -0.05) is 0 Å². The van der Waals surface area contributed by atoms with Crippen LogP contribution in [-0.4, -0.2) is 16.7 Å². The van der Waals surface area contributed by atoms with Gasteiger partial charge in [0.05, 0.1) is 23.3 Å². The Hall–Kier alpha value is -3.46. The summed E-state index contributed by atoms with van der Waals surface area (Å²) in [6, 6.07) is 8.87. The van der Waals surface area contributed by atoms with Crippen LogP contribution in [-0.2, 0) is 19.4 Å². The zero-order valence-corrected chi connectivity index (χ0v) is 16.1. The van der Waals surface area contributed by atoms with Gasteiger partial charge >= 0.3 is 0 Å². The SMILES string of the molecule is O=C(Nc1sc2c(c1C(=O)NCc1ccco1)CCC2)c1ccc([N+](=O)[O-])cc1. The molecule has 0 spiro atoms. The number of nitro benzene ring substituents is 1. The maximum absolute atomic E-state index is 12.8. The predicted molar refractivity (Wildman–Crippen MR) is 107 cm³/mol. The highest BCUT2D eigenvalue weighted by molar-refractivity contribution is 7.17. The van der Waals surface area contributed by atoms with Gasteiger partial charge in [0.2, 0.25) is 0 Å². The molecule has 0 aliphatic heterocycles. The van der Waals surface area contributed by atoms with E-state index in [2.05, 4.69) is 10.6 Å². The number of furan rings is 1. The average Bonchev–Trinajstić information content (AvgIpc) is 3.44. The van der Waals surface area contributed by atoms with Crippen LogP contribution < -0.4 is 10.6 Å². The van der Waals surface area contributed by atoms with Crippen molar-refractivity contribution in [1.82, 2.24) is 5.32 Å². The number of nitrogens with one attached hydrogen (secondary N) is 2. The number of hydrogen-bond acceptors (Lipinski definition) is 6. The lowest BCUT2D eigenvalue weighted by molar-refractivity contribution is -0.384. The quantitative estimate of drug-likeness (QED) is 0.471. The second-order valence-electron chi connectivity index (χ2n) is 6.58. The third kappa shape index (κ3) is 3.90. The van der Waals surface area contributed by atoms with Crippen LogP contribution in [0.4, 0.5) is 10.7 Å². The fourth-order valence-electron chi connectivity index (χ4n) is 3.31. The summed E-state index contributed by atoms with van der Waals surface area (Å²) in [5, 5.41) is 16.9. The smallest absolute Gasteiger partial charge is 0.269 e. The number of aryl methyl sites for hydroxylation is 1. The van der Waals surface area contributed by atoms with Crippen LogP contribution >= 0.6 is 11.3 Å². The van der Waals surface area contributed by atoms with Crippen LogP contribution in [0.1, 0.15) is 43.3 Å². The number of carbonyl (C=O) groups excluding carboxylic acids is 2. The molecule has 1 aromatic carbocycles. The Kier molecular flexibility index (Phi) is 5.13. The third-order valence-electron chi connectivity index (χ3n) is 4.72. The number of hydrogen-bond donors (Lipinski definition) is 2. The van der Waals surface area contributed by atoms with Crippen molar-refractivity contribution >= 4 is 33.8 Å². The van der Waals surface area contributed by atoms with Crippen LogP contribution in [0.25, 0.3) is 0 Å². The minimum atomic E-state index is -0.521. The van der Waals surface area contributed by atoms with Gasteiger partial charge in [-0.2, -0.15) is 0 Å². The van der Waals surface area contributed by atoms with Gasteiger partial charge < -0.3 is 15.1 Å². The van der Waals surface area contributed by atoms with Crippen molar-refractivity contribution in [1.29, 1.82) is 0 Å². The van der Waals surface area contributed by atoms with Crippen molar-refractivity contribution < 1.29 is 18.9 Å². The van der Waals surface area contributed by atoms with Crippen LogP contribution in [0.2, 0.25) is 0 Å². The highest BCUT2D eigenvalue weighted by Gasteiger charge is 2.27. The molecule has 1 aliphatic rings. The predicted octanol–water partition coefficient (Wildman–Crippen LogP) is 3.92. The molecule has 148 valence electrons. The molecule has 29 heavy (non-hydrogen) atoms. The Labute approximate surface area is 169 Å². The lowest BCUT2D eigenvalue weighted by atomic mass is 10.1. The maximum atomic E-state index is 12.8. The van der Waals surface area contributed by atoms with E-state index in [0.29, 0.717) is 16.3 Å². The maximum Gasteiger partial charge on any atom is 0.269 e. The lowest BCUT2D eigenvalue weighted by Crippen LogP contribution is -2.24. The second-order valence-corrected chi connectivity index (χ2v) is 7.69. The number of non-ortho nitro benzene ring substituents is 1. The van der Waals surface area contributed by atoms with Crippen molar-refractivity contribution in [3.05, 3.63) is 80.1 Å². The van der Waals surface area contributed by atoms with E-state index in [1.165, 1.54) is 35.6 Å². The Bertz CT molecular complexity index is 1070. The summed E-state index contributed by atoms with van der Waals surface area (Å²) in [6.45, 7) is 0.256. The lowest BCUT2D eigenvalue weighted by Gasteiger charge is -2.09.